The summed E-state index contributed by atoms with van der Waals surface area (Å²) in [5.74, 6) is -0.229. The Morgan fingerprint density at radius 3 is 2.85 bits per heavy atom. The fourth-order valence-corrected chi connectivity index (χ4v) is 3.67. The lowest BCUT2D eigenvalue weighted by molar-refractivity contribution is 0.102. The lowest BCUT2D eigenvalue weighted by Crippen LogP contribution is -2.43. The van der Waals surface area contributed by atoms with Crippen LogP contribution < -0.4 is 15.5 Å². The monoisotopic (exact) mass is 365 g/mol. The fraction of sp³-hybridized carbons (Fsp3) is 0.211. The zero-order valence-corrected chi connectivity index (χ0v) is 15.0. The Bertz CT molecular complexity index is 890. The molecule has 0 aliphatic carbocycles. The molecule has 132 valence electrons. The summed E-state index contributed by atoms with van der Waals surface area (Å²) >= 11 is 1.60. The molecule has 0 bridgehead atoms. The summed E-state index contributed by atoms with van der Waals surface area (Å²) in [7, 11) is 0. The lowest BCUT2D eigenvalue weighted by atomic mass is 10.2. The maximum atomic E-state index is 12.7. The standard InChI is InChI=1S/C19H19N5OS/c25-19(15-4-1-3-14(22-15)18-5-2-12-26-18)23-16-13-21-7-6-17(16)24-10-8-20-9-11-24/h1-7,12-13,20H,8-11H2,(H,23,25). The van der Waals surface area contributed by atoms with Crippen LogP contribution in [0.4, 0.5) is 11.4 Å². The molecule has 0 unspecified atom stereocenters. The third kappa shape index (κ3) is 3.58. The number of carbonyl (C=O) groups is 1. The number of anilines is 2. The topological polar surface area (TPSA) is 70.2 Å². The van der Waals surface area contributed by atoms with E-state index in [1.165, 1.54) is 0 Å². The van der Waals surface area contributed by atoms with Crippen molar-refractivity contribution in [2.75, 3.05) is 36.4 Å². The molecule has 2 N–H and O–H groups in total. The summed E-state index contributed by atoms with van der Waals surface area (Å²) in [6.07, 6.45) is 3.45. The van der Waals surface area contributed by atoms with Crippen molar-refractivity contribution in [2.45, 2.75) is 0 Å². The van der Waals surface area contributed by atoms with Gasteiger partial charge in [-0.25, -0.2) is 4.98 Å². The highest BCUT2D eigenvalue weighted by molar-refractivity contribution is 7.13. The summed E-state index contributed by atoms with van der Waals surface area (Å²) in [6, 6.07) is 11.4. The second-order valence-electron chi connectivity index (χ2n) is 5.97. The minimum Gasteiger partial charge on any atom is -0.367 e. The van der Waals surface area contributed by atoms with Gasteiger partial charge in [-0.3, -0.25) is 9.78 Å². The second kappa shape index (κ2) is 7.63. The molecule has 0 aromatic carbocycles. The highest BCUT2D eigenvalue weighted by atomic mass is 32.1. The Morgan fingerprint density at radius 2 is 2.04 bits per heavy atom. The van der Waals surface area contributed by atoms with Crippen LogP contribution in [0.3, 0.4) is 0 Å². The molecule has 1 saturated heterocycles. The van der Waals surface area contributed by atoms with Crippen LogP contribution in [-0.2, 0) is 0 Å². The molecule has 1 fully saturated rings. The van der Waals surface area contributed by atoms with Crippen molar-refractivity contribution in [1.82, 2.24) is 15.3 Å². The van der Waals surface area contributed by atoms with E-state index in [1.807, 2.05) is 35.7 Å². The molecule has 3 aromatic rings. The van der Waals surface area contributed by atoms with Crippen molar-refractivity contribution in [3.05, 3.63) is 59.9 Å². The first-order chi connectivity index (χ1) is 12.8. The number of nitrogens with zero attached hydrogens (tertiary/aromatic N) is 3. The van der Waals surface area contributed by atoms with Crippen molar-refractivity contribution in [3.8, 4) is 10.6 Å². The average Bonchev–Trinajstić information content (AvgIpc) is 3.24. The Balaban J connectivity index is 1.56. The normalized spacial score (nSPS) is 14.2. The van der Waals surface area contributed by atoms with E-state index in [4.69, 9.17) is 0 Å². The molecule has 6 nitrogen and oxygen atoms in total. The van der Waals surface area contributed by atoms with Gasteiger partial charge in [0.1, 0.15) is 5.69 Å². The number of piperazine rings is 1. The number of pyridine rings is 2. The van der Waals surface area contributed by atoms with Crippen molar-refractivity contribution < 1.29 is 4.79 Å². The Labute approximate surface area is 155 Å². The number of aromatic nitrogens is 2. The number of hydrogen-bond acceptors (Lipinski definition) is 6. The number of hydrogen-bond donors (Lipinski definition) is 2. The van der Waals surface area contributed by atoms with Crippen LogP contribution in [0, 0.1) is 0 Å². The molecule has 0 spiro atoms. The third-order valence-corrected chi connectivity index (χ3v) is 5.15. The minimum absolute atomic E-state index is 0.229. The Kier molecular flexibility index (Phi) is 4.90. The summed E-state index contributed by atoms with van der Waals surface area (Å²) in [5.41, 5.74) is 2.90. The summed E-state index contributed by atoms with van der Waals surface area (Å²) in [6.45, 7) is 3.66. The van der Waals surface area contributed by atoms with Crippen LogP contribution in [0.25, 0.3) is 10.6 Å². The number of carbonyl (C=O) groups excluding carboxylic acids is 1. The molecule has 0 atom stereocenters. The summed E-state index contributed by atoms with van der Waals surface area (Å²) in [4.78, 5) is 24.7. The Hall–Kier alpha value is -2.77. The van der Waals surface area contributed by atoms with E-state index in [1.54, 1.807) is 29.8 Å². The van der Waals surface area contributed by atoms with Crippen LogP contribution in [0.1, 0.15) is 10.5 Å². The molecule has 0 radical (unpaired) electrons. The summed E-state index contributed by atoms with van der Waals surface area (Å²) in [5, 5.41) is 8.31. The first-order valence-corrected chi connectivity index (χ1v) is 9.41. The van der Waals surface area contributed by atoms with Crippen molar-refractivity contribution in [1.29, 1.82) is 0 Å². The van der Waals surface area contributed by atoms with Gasteiger partial charge in [0.15, 0.2) is 0 Å². The summed E-state index contributed by atoms with van der Waals surface area (Å²) < 4.78 is 0. The molecule has 3 aromatic heterocycles. The van der Waals surface area contributed by atoms with Crippen molar-refractivity contribution in [2.24, 2.45) is 0 Å². The van der Waals surface area contributed by atoms with Gasteiger partial charge in [0.25, 0.3) is 5.91 Å². The van der Waals surface area contributed by atoms with Gasteiger partial charge in [-0.2, -0.15) is 0 Å². The molecule has 0 saturated carbocycles. The van der Waals surface area contributed by atoms with Crippen LogP contribution in [0.15, 0.2) is 54.2 Å². The van der Waals surface area contributed by atoms with Gasteiger partial charge in [0.2, 0.25) is 0 Å². The fourth-order valence-electron chi connectivity index (χ4n) is 2.97. The first kappa shape index (κ1) is 16.7. The van der Waals surface area contributed by atoms with Crippen molar-refractivity contribution >= 4 is 28.6 Å². The maximum absolute atomic E-state index is 12.7. The highest BCUT2D eigenvalue weighted by Gasteiger charge is 2.17. The SMILES string of the molecule is O=C(Nc1cnccc1N1CCNCC1)c1cccc(-c2cccs2)n1. The predicted octanol–water partition coefficient (Wildman–Crippen LogP) is 2.87. The molecule has 4 heterocycles. The molecule has 26 heavy (non-hydrogen) atoms. The van der Waals surface area contributed by atoms with Gasteiger partial charge in [-0.15, -0.1) is 11.3 Å². The van der Waals surface area contributed by atoms with E-state index in [9.17, 15) is 4.79 Å². The van der Waals surface area contributed by atoms with E-state index in [0.29, 0.717) is 11.4 Å². The van der Waals surface area contributed by atoms with E-state index in [2.05, 4.69) is 25.5 Å². The number of amides is 1. The van der Waals surface area contributed by atoms with Gasteiger partial charge < -0.3 is 15.5 Å². The lowest BCUT2D eigenvalue weighted by Gasteiger charge is -2.30. The largest absolute Gasteiger partial charge is 0.367 e. The van der Waals surface area contributed by atoms with E-state index in [-0.39, 0.29) is 5.91 Å². The molecule has 1 aliphatic rings. The van der Waals surface area contributed by atoms with Gasteiger partial charge in [0, 0.05) is 32.4 Å². The molecule has 7 heteroatoms. The van der Waals surface area contributed by atoms with E-state index in [0.717, 1.165) is 42.4 Å². The second-order valence-corrected chi connectivity index (χ2v) is 6.92. The first-order valence-electron chi connectivity index (χ1n) is 8.53. The number of rotatable bonds is 4. The van der Waals surface area contributed by atoms with Crippen LogP contribution in [0.2, 0.25) is 0 Å². The van der Waals surface area contributed by atoms with Gasteiger partial charge in [0.05, 0.1) is 28.1 Å². The molecule has 4 rings (SSSR count). The predicted molar refractivity (Wildman–Crippen MR) is 105 cm³/mol. The zero-order chi connectivity index (χ0) is 17.8. The number of nitrogens with one attached hydrogen (secondary N) is 2. The zero-order valence-electron chi connectivity index (χ0n) is 14.2. The van der Waals surface area contributed by atoms with Crippen LogP contribution in [0.5, 0.6) is 0 Å². The molecular formula is C19H19N5OS. The third-order valence-electron chi connectivity index (χ3n) is 4.26. The van der Waals surface area contributed by atoms with E-state index >= 15 is 0 Å². The Morgan fingerprint density at radius 1 is 1.15 bits per heavy atom. The molecule has 1 amide bonds. The average molecular weight is 365 g/mol. The smallest absolute Gasteiger partial charge is 0.274 e. The quantitative estimate of drug-likeness (QED) is 0.744. The van der Waals surface area contributed by atoms with Gasteiger partial charge in [-0.1, -0.05) is 12.1 Å². The van der Waals surface area contributed by atoms with Crippen LogP contribution in [-0.4, -0.2) is 42.1 Å². The highest BCUT2D eigenvalue weighted by Crippen LogP contribution is 2.26. The van der Waals surface area contributed by atoms with Gasteiger partial charge in [-0.05, 0) is 29.6 Å². The number of thiophene rings is 1. The van der Waals surface area contributed by atoms with Gasteiger partial charge >= 0.3 is 0 Å². The minimum atomic E-state index is -0.229. The molecular weight excluding hydrogens is 346 g/mol. The maximum Gasteiger partial charge on any atom is 0.274 e. The van der Waals surface area contributed by atoms with Crippen molar-refractivity contribution in [3.63, 3.8) is 0 Å². The van der Waals surface area contributed by atoms with E-state index < -0.39 is 0 Å². The molecule has 1 aliphatic heterocycles. The van der Waals surface area contributed by atoms with Crippen LogP contribution >= 0.6 is 11.3 Å².